The molecule has 1 fully saturated rings. The van der Waals surface area contributed by atoms with Crippen LogP contribution < -0.4 is 4.90 Å². The Kier molecular flexibility index (Phi) is 6.47. The van der Waals surface area contributed by atoms with E-state index >= 15 is 0 Å². The van der Waals surface area contributed by atoms with Gasteiger partial charge in [-0.3, -0.25) is 14.9 Å². The second-order valence-corrected chi connectivity index (χ2v) is 9.25. The van der Waals surface area contributed by atoms with Gasteiger partial charge in [0.1, 0.15) is 0 Å². The van der Waals surface area contributed by atoms with E-state index in [1.165, 1.54) is 17.7 Å². The third-order valence-electron chi connectivity index (χ3n) is 5.14. The average Bonchev–Trinajstić information content (AvgIpc) is 2.72. The zero-order chi connectivity index (χ0) is 21.0. The number of nitro groups is 1. The third-order valence-corrected chi connectivity index (χ3v) is 6.14. The summed E-state index contributed by atoms with van der Waals surface area (Å²) in [5.41, 5.74) is 2.46. The van der Waals surface area contributed by atoms with Crippen LogP contribution >= 0.6 is 11.8 Å². The fraction of sp³-hybridized carbons (Fsp3) is 0.409. The monoisotopic (exact) mass is 413 g/mol. The predicted molar refractivity (Wildman–Crippen MR) is 118 cm³/mol. The molecule has 0 atom stereocenters. The van der Waals surface area contributed by atoms with Crippen molar-refractivity contribution < 1.29 is 9.72 Å². The highest BCUT2D eigenvalue weighted by atomic mass is 32.2. The Labute approximate surface area is 176 Å². The number of benzene rings is 2. The summed E-state index contributed by atoms with van der Waals surface area (Å²) in [7, 11) is 0. The Hall–Kier alpha value is -2.54. The van der Waals surface area contributed by atoms with Crippen molar-refractivity contribution >= 4 is 29.0 Å². The molecule has 7 heteroatoms. The fourth-order valence-electron chi connectivity index (χ4n) is 3.29. The SMILES string of the molecule is CC(C)(C)c1ccc(SCC(=O)N2CCN(c3ccc([N+](=O)[O-])cc3)CC2)cc1. The highest BCUT2D eigenvalue weighted by molar-refractivity contribution is 8.00. The second-order valence-electron chi connectivity index (χ2n) is 8.20. The standard InChI is InChI=1S/C22H27N3O3S/c1-22(2,3)17-4-10-20(11-5-17)29-16-21(26)24-14-12-23(13-15-24)18-6-8-19(9-7-18)25(27)28/h4-11H,12-16H2,1-3H3. The first-order chi connectivity index (χ1) is 13.7. The number of carbonyl (C=O) groups is 1. The second kappa shape index (κ2) is 8.86. The lowest BCUT2D eigenvalue weighted by Crippen LogP contribution is -2.49. The first kappa shape index (κ1) is 21.2. The molecule has 0 radical (unpaired) electrons. The van der Waals surface area contributed by atoms with Gasteiger partial charge in [-0.1, -0.05) is 32.9 Å². The highest BCUT2D eigenvalue weighted by Gasteiger charge is 2.22. The van der Waals surface area contributed by atoms with Crippen molar-refractivity contribution in [3.63, 3.8) is 0 Å². The van der Waals surface area contributed by atoms with E-state index in [0.717, 1.165) is 23.7 Å². The van der Waals surface area contributed by atoms with E-state index in [1.807, 2.05) is 4.90 Å². The number of nitro benzene ring substituents is 1. The average molecular weight is 414 g/mol. The molecule has 154 valence electrons. The summed E-state index contributed by atoms with van der Waals surface area (Å²) in [6.45, 7) is 9.36. The summed E-state index contributed by atoms with van der Waals surface area (Å²) in [5.74, 6) is 0.588. The zero-order valence-corrected chi connectivity index (χ0v) is 17.9. The van der Waals surface area contributed by atoms with E-state index in [4.69, 9.17) is 0 Å². The molecule has 0 aromatic heterocycles. The van der Waals surface area contributed by atoms with Crippen LogP contribution in [-0.4, -0.2) is 47.7 Å². The molecule has 0 saturated carbocycles. The minimum absolute atomic E-state index is 0.0927. The van der Waals surface area contributed by atoms with Crippen LogP contribution in [0, 0.1) is 10.1 Å². The van der Waals surface area contributed by atoms with E-state index in [9.17, 15) is 14.9 Å². The van der Waals surface area contributed by atoms with Crippen molar-refractivity contribution in [1.82, 2.24) is 4.90 Å². The normalized spacial score (nSPS) is 14.7. The number of amides is 1. The van der Waals surface area contributed by atoms with Gasteiger partial charge in [0.2, 0.25) is 5.91 Å². The maximum atomic E-state index is 12.6. The van der Waals surface area contributed by atoms with Gasteiger partial charge in [-0.05, 0) is 35.2 Å². The van der Waals surface area contributed by atoms with Crippen molar-refractivity contribution in [2.45, 2.75) is 31.1 Å². The number of nitrogens with zero attached hydrogens (tertiary/aromatic N) is 3. The van der Waals surface area contributed by atoms with Crippen molar-refractivity contribution in [3.05, 3.63) is 64.2 Å². The molecular weight excluding hydrogens is 386 g/mol. The number of hydrogen-bond donors (Lipinski definition) is 0. The van der Waals surface area contributed by atoms with E-state index in [1.54, 1.807) is 23.9 Å². The molecule has 1 saturated heterocycles. The number of thioether (sulfide) groups is 1. The van der Waals surface area contributed by atoms with Crippen molar-refractivity contribution in [1.29, 1.82) is 0 Å². The summed E-state index contributed by atoms with van der Waals surface area (Å²) in [4.78, 5) is 28.1. The number of anilines is 1. The van der Waals surface area contributed by atoms with Crippen LogP contribution in [0.3, 0.4) is 0 Å². The van der Waals surface area contributed by atoms with Gasteiger partial charge in [-0.25, -0.2) is 0 Å². The molecule has 1 heterocycles. The molecule has 2 aromatic rings. The predicted octanol–water partition coefficient (Wildman–Crippen LogP) is 4.33. The van der Waals surface area contributed by atoms with E-state index in [-0.39, 0.29) is 17.0 Å². The molecule has 0 aliphatic carbocycles. The van der Waals surface area contributed by atoms with Gasteiger partial charge in [-0.15, -0.1) is 11.8 Å². The number of non-ortho nitro benzene ring substituents is 1. The van der Waals surface area contributed by atoms with E-state index in [0.29, 0.717) is 18.8 Å². The number of rotatable bonds is 5. The summed E-state index contributed by atoms with van der Waals surface area (Å²) in [6.07, 6.45) is 0. The minimum Gasteiger partial charge on any atom is -0.368 e. The zero-order valence-electron chi connectivity index (χ0n) is 17.1. The molecule has 1 aliphatic rings. The molecule has 0 N–H and O–H groups in total. The number of hydrogen-bond acceptors (Lipinski definition) is 5. The maximum Gasteiger partial charge on any atom is 0.269 e. The van der Waals surface area contributed by atoms with Crippen LogP contribution in [0.15, 0.2) is 53.4 Å². The summed E-state index contributed by atoms with van der Waals surface area (Å²) < 4.78 is 0. The van der Waals surface area contributed by atoms with Crippen LogP contribution in [0.25, 0.3) is 0 Å². The van der Waals surface area contributed by atoms with E-state index in [2.05, 4.69) is 49.9 Å². The van der Waals surface area contributed by atoms with Gasteiger partial charge in [-0.2, -0.15) is 0 Å². The molecule has 0 spiro atoms. The highest BCUT2D eigenvalue weighted by Crippen LogP contribution is 2.26. The van der Waals surface area contributed by atoms with Crippen LogP contribution in [0.4, 0.5) is 11.4 Å². The lowest BCUT2D eigenvalue weighted by Gasteiger charge is -2.36. The molecule has 6 nitrogen and oxygen atoms in total. The maximum absolute atomic E-state index is 12.6. The molecule has 3 rings (SSSR count). The lowest BCUT2D eigenvalue weighted by molar-refractivity contribution is -0.384. The molecule has 1 amide bonds. The van der Waals surface area contributed by atoms with Crippen molar-refractivity contribution in [3.8, 4) is 0 Å². The van der Waals surface area contributed by atoms with Gasteiger partial charge in [0.05, 0.1) is 10.7 Å². The van der Waals surface area contributed by atoms with E-state index < -0.39 is 4.92 Å². The van der Waals surface area contributed by atoms with Crippen LogP contribution in [0.5, 0.6) is 0 Å². The first-order valence-electron chi connectivity index (χ1n) is 9.74. The van der Waals surface area contributed by atoms with Crippen LogP contribution in [-0.2, 0) is 10.2 Å². The van der Waals surface area contributed by atoms with Gasteiger partial charge in [0.25, 0.3) is 5.69 Å². The quantitative estimate of drug-likeness (QED) is 0.415. The van der Waals surface area contributed by atoms with Gasteiger partial charge >= 0.3 is 0 Å². The smallest absolute Gasteiger partial charge is 0.269 e. The Balaban J connectivity index is 1.48. The van der Waals surface area contributed by atoms with Gasteiger partial charge in [0.15, 0.2) is 0 Å². The van der Waals surface area contributed by atoms with Crippen LogP contribution in [0.1, 0.15) is 26.3 Å². The van der Waals surface area contributed by atoms with Crippen LogP contribution in [0.2, 0.25) is 0 Å². The Bertz CT molecular complexity index is 852. The Morgan fingerprint density at radius 3 is 2.10 bits per heavy atom. The largest absolute Gasteiger partial charge is 0.368 e. The molecule has 1 aliphatic heterocycles. The molecule has 0 unspecified atom stereocenters. The molecule has 0 bridgehead atoms. The summed E-state index contributed by atoms with van der Waals surface area (Å²) in [5, 5.41) is 10.8. The lowest BCUT2D eigenvalue weighted by atomic mass is 9.87. The summed E-state index contributed by atoms with van der Waals surface area (Å²) in [6, 6.07) is 15.0. The third kappa shape index (κ3) is 5.50. The van der Waals surface area contributed by atoms with Gasteiger partial charge in [0, 0.05) is 48.9 Å². The van der Waals surface area contributed by atoms with Crippen molar-refractivity contribution in [2.75, 3.05) is 36.8 Å². The molecular formula is C22H27N3O3S. The van der Waals surface area contributed by atoms with Crippen molar-refractivity contribution in [2.24, 2.45) is 0 Å². The fourth-order valence-corrected chi connectivity index (χ4v) is 4.09. The number of carbonyl (C=O) groups excluding carboxylic acids is 1. The summed E-state index contributed by atoms with van der Waals surface area (Å²) >= 11 is 1.57. The van der Waals surface area contributed by atoms with Gasteiger partial charge < -0.3 is 9.80 Å². The Morgan fingerprint density at radius 1 is 1.00 bits per heavy atom. The minimum atomic E-state index is -0.394. The Morgan fingerprint density at radius 2 is 1.59 bits per heavy atom. The molecule has 29 heavy (non-hydrogen) atoms. The number of piperazine rings is 1. The molecule has 2 aromatic carbocycles. The topological polar surface area (TPSA) is 66.7 Å². The first-order valence-corrected chi connectivity index (χ1v) is 10.7.